The summed E-state index contributed by atoms with van der Waals surface area (Å²) in [7, 11) is 0. The standard InChI is InChI=1S/C18H24N4OS/c19-21-17(23)13-15-3-1-14(2-4-15)5-6-16-7-8-18(24-16)22-11-9-20-10-12-22/h1-4,7-8,20H,5-6,9-13,19H2,(H,21,23). The third-order valence-electron chi connectivity index (χ3n) is 4.28. The van der Waals surface area contributed by atoms with E-state index in [2.05, 4.69) is 39.9 Å². The van der Waals surface area contributed by atoms with Crippen molar-refractivity contribution >= 4 is 22.2 Å². The highest BCUT2D eigenvalue weighted by molar-refractivity contribution is 7.16. The Morgan fingerprint density at radius 1 is 1.08 bits per heavy atom. The van der Waals surface area contributed by atoms with Crippen LogP contribution in [0.2, 0.25) is 0 Å². The molecular weight excluding hydrogens is 320 g/mol. The average molecular weight is 344 g/mol. The molecule has 0 unspecified atom stereocenters. The molecule has 24 heavy (non-hydrogen) atoms. The van der Waals surface area contributed by atoms with Crippen LogP contribution in [0.25, 0.3) is 0 Å². The molecule has 5 nitrogen and oxygen atoms in total. The number of thiophene rings is 1. The first kappa shape index (κ1) is 17.0. The van der Waals surface area contributed by atoms with Gasteiger partial charge in [0.05, 0.1) is 11.4 Å². The molecule has 1 aromatic carbocycles. The number of aryl methyl sites for hydroxylation is 2. The van der Waals surface area contributed by atoms with Gasteiger partial charge in [0.1, 0.15) is 0 Å². The Bertz CT molecular complexity index is 662. The van der Waals surface area contributed by atoms with Crippen LogP contribution < -0.4 is 21.5 Å². The van der Waals surface area contributed by atoms with Crippen LogP contribution in [0, 0.1) is 0 Å². The summed E-state index contributed by atoms with van der Waals surface area (Å²) in [6, 6.07) is 12.7. The zero-order chi connectivity index (χ0) is 16.8. The van der Waals surface area contributed by atoms with E-state index in [4.69, 9.17) is 5.84 Å². The lowest BCUT2D eigenvalue weighted by molar-refractivity contribution is -0.120. The Morgan fingerprint density at radius 3 is 2.50 bits per heavy atom. The summed E-state index contributed by atoms with van der Waals surface area (Å²) in [5, 5.41) is 4.77. The number of carbonyl (C=O) groups is 1. The van der Waals surface area contributed by atoms with E-state index in [0.29, 0.717) is 6.42 Å². The molecule has 1 saturated heterocycles. The largest absolute Gasteiger partial charge is 0.361 e. The predicted molar refractivity (Wildman–Crippen MR) is 99.3 cm³/mol. The molecule has 1 aliphatic heterocycles. The molecule has 3 rings (SSSR count). The summed E-state index contributed by atoms with van der Waals surface area (Å²) in [4.78, 5) is 15.2. The van der Waals surface area contributed by atoms with Gasteiger partial charge in [-0.2, -0.15) is 0 Å². The van der Waals surface area contributed by atoms with Gasteiger partial charge in [-0.3, -0.25) is 10.2 Å². The molecule has 128 valence electrons. The molecule has 1 aliphatic rings. The first-order valence-corrected chi connectivity index (χ1v) is 9.18. The van der Waals surface area contributed by atoms with E-state index in [1.807, 2.05) is 23.5 Å². The zero-order valence-electron chi connectivity index (χ0n) is 13.8. The lowest BCUT2D eigenvalue weighted by Crippen LogP contribution is -2.43. The van der Waals surface area contributed by atoms with Gasteiger partial charge in [0.25, 0.3) is 0 Å². The lowest BCUT2D eigenvalue weighted by Gasteiger charge is -2.27. The van der Waals surface area contributed by atoms with Crippen LogP contribution in [0.15, 0.2) is 36.4 Å². The number of piperazine rings is 1. The van der Waals surface area contributed by atoms with Gasteiger partial charge in [-0.15, -0.1) is 11.3 Å². The molecule has 1 amide bonds. The van der Waals surface area contributed by atoms with Crippen LogP contribution >= 0.6 is 11.3 Å². The van der Waals surface area contributed by atoms with Gasteiger partial charge in [0.15, 0.2) is 0 Å². The van der Waals surface area contributed by atoms with Gasteiger partial charge >= 0.3 is 0 Å². The van der Waals surface area contributed by atoms with Crippen molar-refractivity contribution in [3.8, 4) is 0 Å². The van der Waals surface area contributed by atoms with Crippen LogP contribution in [0.3, 0.4) is 0 Å². The van der Waals surface area contributed by atoms with Crippen molar-refractivity contribution in [3.63, 3.8) is 0 Å². The smallest absolute Gasteiger partial charge is 0.238 e. The highest BCUT2D eigenvalue weighted by Gasteiger charge is 2.12. The van der Waals surface area contributed by atoms with E-state index in [9.17, 15) is 4.79 Å². The van der Waals surface area contributed by atoms with Gasteiger partial charge in [-0.1, -0.05) is 24.3 Å². The molecule has 0 spiro atoms. The van der Waals surface area contributed by atoms with Crippen molar-refractivity contribution < 1.29 is 4.79 Å². The maximum Gasteiger partial charge on any atom is 0.238 e. The van der Waals surface area contributed by atoms with Crippen LogP contribution in [0.5, 0.6) is 0 Å². The minimum Gasteiger partial charge on any atom is -0.361 e. The summed E-state index contributed by atoms with van der Waals surface area (Å²) >= 11 is 1.90. The van der Waals surface area contributed by atoms with E-state index in [1.165, 1.54) is 15.4 Å². The van der Waals surface area contributed by atoms with Crippen molar-refractivity contribution in [2.75, 3.05) is 31.1 Å². The second-order valence-electron chi connectivity index (χ2n) is 6.04. The zero-order valence-corrected chi connectivity index (χ0v) is 14.6. The molecule has 1 fully saturated rings. The maximum absolute atomic E-state index is 11.3. The van der Waals surface area contributed by atoms with E-state index < -0.39 is 0 Å². The molecular formula is C18H24N4OS. The fourth-order valence-corrected chi connectivity index (χ4v) is 3.94. The molecule has 0 saturated carbocycles. The second-order valence-corrected chi connectivity index (χ2v) is 7.18. The summed E-state index contributed by atoms with van der Waals surface area (Å²) < 4.78 is 0. The third kappa shape index (κ3) is 4.56. The topological polar surface area (TPSA) is 70.4 Å². The summed E-state index contributed by atoms with van der Waals surface area (Å²) in [6.07, 6.45) is 2.40. The van der Waals surface area contributed by atoms with Crippen molar-refractivity contribution in [2.45, 2.75) is 19.3 Å². The van der Waals surface area contributed by atoms with E-state index in [0.717, 1.165) is 44.6 Å². The van der Waals surface area contributed by atoms with E-state index in [1.54, 1.807) is 0 Å². The van der Waals surface area contributed by atoms with E-state index >= 15 is 0 Å². The van der Waals surface area contributed by atoms with Gasteiger partial charge in [-0.25, -0.2) is 5.84 Å². The summed E-state index contributed by atoms with van der Waals surface area (Å²) in [5.74, 6) is 4.95. The Morgan fingerprint density at radius 2 is 1.79 bits per heavy atom. The number of nitrogens with one attached hydrogen (secondary N) is 2. The lowest BCUT2D eigenvalue weighted by atomic mass is 10.1. The Kier molecular flexibility index (Phi) is 5.85. The number of amides is 1. The molecule has 6 heteroatoms. The van der Waals surface area contributed by atoms with Crippen LogP contribution in [0.4, 0.5) is 5.00 Å². The first-order chi connectivity index (χ1) is 11.7. The molecule has 0 aliphatic carbocycles. The van der Waals surface area contributed by atoms with Crippen molar-refractivity contribution in [1.82, 2.24) is 10.7 Å². The van der Waals surface area contributed by atoms with Gasteiger partial charge in [0.2, 0.25) is 5.91 Å². The molecule has 2 heterocycles. The number of benzene rings is 1. The summed E-state index contributed by atoms with van der Waals surface area (Å²) in [6.45, 7) is 4.33. The molecule has 1 aromatic heterocycles. The molecule has 0 atom stereocenters. The number of anilines is 1. The number of hydrazine groups is 1. The highest BCUT2D eigenvalue weighted by Crippen LogP contribution is 2.27. The quantitative estimate of drug-likeness (QED) is 0.422. The number of hydrogen-bond acceptors (Lipinski definition) is 5. The van der Waals surface area contributed by atoms with Crippen molar-refractivity contribution in [2.24, 2.45) is 5.84 Å². The van der Waals surface area contributed by atoms with Crippen LogP contribution in [0.1, 0.15) is 16.0 Å². The Hall–Kier alpha value is -1.89. The molecule has 4 N–H and O–H groups in total. The molecule has 2 aromatic rings. The monoisotopic (exact) mass is 344 g/mol. The van der Waals surface area contributed by atoms with E-state index in [-0.39, 0.29) is 5.91 Å². The SMILES string of the molecule is NNC(=O)Cc1ccc(CCc2ccc(N3CCNCC3)s2)cc1. The fourth-order valence-electron chi connectivity index (χ4n) is 2.88. The number of hydrogen-bond donors (Lipinski definition) is 3. The number of carbonyl (C=O) groups excluding carboxylic acids is 1. The minimum absolute atomic E-state index is 0.165. The maximum atomic E-state index is 11.3. The Labute approximate surface area is 146 Å². The molecule has 0 bridgehead atoms. The fraction of sp³-hybridized carbons (Fsp3) is 0.389. The molecule has 0 radical (unpaired) electrons. The van der Waals surface area contributed by atoms with Gasteiger partial charge in [-0.05, 0) is 36.1 Å². The van der Waals surface area contributed by atoms with Gasteiger partial charge in [0, 0.05) is 31.1 Å². The third-order valence-corrected chi connectivity index (χ3v) is 5.49. The number of rotatable bonds is 6. The van der Waals surface area contributed by atoms with Crippen molar-refractivity contribution in [3.05, 3.63) is 52.4 Å². The second kappa shape index (κ2) is 8.28. The van der Waals surface area contributed by atoms with Crippen LogP contribution in [-0.2, 0) is 24.1 Å². The predicted octanol–water partition coefficient (Wildman–Crippen LogP) is 1.48. The van der Waals surface area contributed by atoms with Crippen molar-refractivity contribution in [1.29, 1.82) is 0 Å². The minimum atomic E-state index is -0.165. The van der Waals surface area contributed by atoms with Crippen LogP contribution in [-0.4, -0.2) is 32.1 Å². The average Bonchev–Trinajstić information content (AvgIpc) is 3.11. The summed E-state index contributed by atoms with van der Waals surface area (Å²) in [5.41, 5.74) is 4.44. The Balaban J connectivity index is 1.52. The first-order valence-electron chi connectivity index (χ1n) is 8.36. The normalized spacial score (nSPS) is 14.6. The highest BCUT2D eigenvalue weighted by atomic mass is 32.1. The number of nitrogens with zero attached hydrogens (tertiary/aromatic N) is 1. The van der Waals surface area contributed by atoms with Gasteiger partial charge < -0.3 is 10.2 Å². The number of nitrogens with two attached hydrogens (primary N) is 1.